The van der Waals surface area contributed by atoms with Crippen LogP contribution in [-0.2, 0) is 26.2 Å². The van der Waals surface area contributed by atoms with Crippen LogP contribution >= 0.6 is 0 Å². The third kappa shape index (κ3) is 8.24. The number of carbonyl (C=O) groups is 2. The third-order valence-corrected chi connectivity index (χ3v) is 6.76. The molecule has 0 heterocycles. The first-order chi connectivity index (χ1) is 16.8. The zero-order valence-electron chi connectivity index (χ0n) is 19.1. The summed E-state index contributed by atoms with van der Waals surface area (Å²) in [7, 11) is -4.01. The number of ether oxygens (including phenoxy) is 1. The number of carbonyl (C=O) groups excluding carboxylic acids is 1. The van der Waals surface area contributed by atoms with Crippen LogP contribution in [0.3, 0.4) is 0 Å². The van der Waals surface area contributed by atoms with Crippen molar-refractivity contribution in [2.75, 3.05) is 6.54 Å². The van der Waals surface area contributed by atoms with Crippen LogP contribution in [0.5, 0.6) is 0 Å². The summed E-state index contributed by atoms with van der Waals surface area (Å²) in [5, 5.41) is 12.1. The van der Waals surface area contributed by atoms with Gasteiger partial charge in [0, 0.05) is 6.54 Å². The van der Waals surface area contributed by atoms with Crippen LogP contribution in [0.1, 0.15) is 24.8 Å². The Balaban J connectivity index is 1.44. The number of carboxylic acid groups (broad SMARTS) is 1. The van der Waals surface area contributed by atoms with Crippen molar-refractivity contribution in [1.29, 1.82) is 0 Å². The molecule has 1 atom stereocenters. The number of hydrogen-bond acceptors (Lipinski definition) is 5. The monoisotopic (exact) mass is 496 g/mol. The minimum atomic E-state index is -4.01. The van der Waals surface area contributed by atoms with Gasteiger partial charge in [0.15, 0.2) is 0 Å². The molecule has 0 spiro atoms. The normalized spacial score (nSPS) is 12.0. The van der Waals surface area contributed by atoms with Crippen LogP contribution < -0.4 is 10.0 Å². The highest BCUT2D eigenvalue weighted by Gasteiger charge is 2.25. The lowest BCUT2D eigenvalue weighted by molar-refractivity contribution is -0.139. The lowest BCUT2D eigenvalue weighted by Crippen LogP contribution is -2.40. The molecule has 0 aliphatic heterocycles. The smallest absolute Gasteiger partial charge is 0.407 e. The standard InChI is InChI=1S/C26H28N2O6S/c29-25(30)24(13-7-8-18-27-26(31)34-19-20-9-3-1-4-10-20)28-35(32,33)23-16-14-22(15-17-23)21-11-5-2-6-12-21/h1-6,9-12,14-17,24,28H,7-8,13,18-19H2,(H,27,31)(H,29,30). The molecule has 8 nitrogen and oxygen atoms in total. The molecule has 0 fully saturated rings. The first kappa shape index (κ1) is 25.9. The Labute approximate surface area is 205 Å². The average molecular weight is 497 g/mol. The number of unbranched alkanes of at least 4 members (excludes halogenated alkanes) is 1. The summed E-state index contributed by atoms with van der Waals surface area (Å²) in [5.74, 6) is -1.26. The van der Waals surface area contributed by atoms with Gasteiger partial charge in [-0.2, -0.15) is 4.72 Å². The van der Waals surface area contributed by atoms with E-state index in [9.17, 15) is 23.1 Å². The first-order valence-corrected chi connectivity index (χ1v) is 12.7. The molecule has 3 aromatic rings. The number of benzene rings is 3. The van der Waals surface area contributed by atoms with Crippen LogP contribution in [0.2, 0.25) is 0 Å². The zero-order valence-corrected chi connectivity index (χ0v) is 19.9. The molecular weight excluding hydrogens is 468 g/mol. The highest BCUT2D eigenvalue weighted by molar-refractivity contribution is 7.89. The molecule has 3 aromatic carbocycles. The second kappa shape index (κ2) is 12.7. The zero-order chi connectivity index (χ0) is 25.1. The second-order valence-electron chi connectivity index (χ2n) is 7.89. The number of sulfonamides is 1. The molecule has 0 radical (unpaired) electrons. The summed E-state index contributed by atoms with van der Waals surface area (Å²) < 4.78 is 32.8. The molecule has 0 bridgehead atoms. The summed E-state index contributed by atoms with van der Waals surface area (Å²) in [6.07, 6.45) is 0.379. The van der Waals surface area contributed by atoms with Crippen LogP contribution in [0.15, 0.2) is 89.8 Å². The van der Waals surface area contributed by atoms with Gasteiger partial charge in [0.25, 0.3) is 0 Å². The van der Waals surface area contributed by atoms with E-state index in [2.05, 4.69) is 10.0 Å². The van der Waals surface area contributed by atoms with Crippen molar-refractivity contribution in [1.82, 2.24) is 10.0 Å². The molecule has 35 heavy (non-hydrogen) atoms. The van der Waals surface area contributed by atoms with E-state index in [1.807, 2.05) is 60.7 Å². The van der Waals surface area contributed by atoms with E-state index in [-0.39, 0.29) is 24.5 Å². The lowest BCUT2D eigenvalue weighted by atomic mass is 10.1. The van der Waals surface area contributed by atoms with Crippen LogP contribution in [0.4, 0.5) is 4.79 Å². The second-order valence-corrected chi connectivity index (χ2v) is 9.60. The SMILES string of the molecule is O=C(NCCCCC(NS(=O)(=O)c1ccc(-c2ccccc2)cc1)C(=O)O)OCc1ccccc1. The maximum atomic E-state index is 12.7. The van der Waals surface area contributed by atoms with Gasteiger partial charge in [-0.3, -0.25) is 4.79 Å². The van der Waals surface area contributed by atoms with Crippen molar-refractivity contribution in [3.63, 3.8) is 0 Å². The number of amides is 1. The molecule has 0 aromatic heterocycles. The summed E-state index contributed by atoms with van der Waals surface area (Å²) in [4.78, 5) is 23.4. The predicted molar refractivity (Wildman–Crippen MR) is 132 cm³/mol. The number of rotatable bonds is 12. The summed E-state index contributed by atoms with van der Waals surface area (Å²) in [6.45, 7) is 0.440. The third-order valence-electron chi connectivity index (χ3n) is 5.27. The fourth-order valence-corrected chi connectivity index (χ4v) is 4.61. The van der Waals surface area contributed by atoms with Crippen LogP contribution in [-0.4, -0.2) is 38.2 Å². The molecule has 0 aliphatic rings. The van der Waals surface area contributed by atoms with E-state index in [1.165, 1.54) is 12.1 Å². The van der Waals surface area contributed by atoms with E-state index in [1.54, 1.807) is 12.1 Å². The molecule has 1 amide bonds. The predicted octanol–water partition coefficient (Wildman–Crippen LogP) is 4.18. The molecule has 0 aliphatic carbocycles. The van der Waals surface area contributed by atoms with Gasteiger partial charge >= 0.3 is 12.1 Å². The average Bonchev–Trinajstić information content (AvgIpc) is 2.87. The molecule has 3 rings (SSSR count). The summed E-state index contributed by atoms with van der Waals surface area (Å²) >= 11 is 0. The van der Waals surface area contributed by atoms with Gasteiger partial charge in [-0.25, -0.2) is 13.2 Å². The number of hydrogen-bond donors (Lipinski definition) is 3. The molecule has 1 unspecified atom stereocenters. The van der Waals surface area contributed by atoms with E-state index in [4.69, 9.17) is 4.74 Å². The Hall–Kier alpha value is -3.69. The van der Waals surface area contributed by atoms with Gasteiger partial charge in [0.05, 0.1) is 4.90 Å². The Morgan fingerprint density at radius 3 is 2.06 bits per heavy atom. The Bertz CT molecular complexity index is 1200. The van der Waals surface area contributed by atoms with Gasteiger partial charge in [0.1, 0.15) is 12.6 Å². The van der Waals surface area contributed by atoms with Crippen molar-refractivity contribution in [3.05, 3.63) is 90.5 Å². The van der Waals surface area contributed by atoms with Crippen molar-refractivity contribution in [3.8, 4) is 11.1 Å². The minimum Gasteiger partial charge on any atom is -0.480 e. The van der Waals surface area contributed by atoms with Gasteiger partial charge < -0.3 is 15.2 Å². The highest BCUT2D eigenvalue weighted by Crippen LogP contribution is 2.21. The lowest BCUT2D eigenvalue weighted by Gasteiger charge is -2.15. The topological polar surface area (TPSA) is 122 Å². The van der Waals surface area contributed by atoms with E-state index < -0.39 is 28.1 Å². The van der Waals surface area contributed by atoms with Gasteiger partial charge in [-0.1, -0.05) is 72.8 Å². The summed E-state index contributed by atoms with van der Waals surface area (Å²) in [5.41, 5.74) is 2.67. The van der Waals surface area contributed by atoms with Gasteiger partial charge in [0.2, 0.25) is 10.0 Å². The molecule has 0 saturated heterocycles. The molecule has 9 heteroatoms. The first-order valence-electron chi connectivity index (χ1n) is 11.2. The Kier molecular flexibility index (Phi) is 9.39. The molecular formula is C26H28N2O6S. The molecule has 0 saturated carbocycles. The molecule has 184 valence electrons. The van der Waals surface area contributed by atoms with Crippen molar-refractivity contribution < 1.29 is 27.9 Å². The van der Waals surface area contributed by atoms with Crippen LogP contribution in [0.25, 0.3) is 11.1 Å². The van der Waals surface area contributed by atoms with Crippen LogP contribution in [0, 0.1) is 0 Å². The van der Waals surface area contributed by atoms with Gasteiger partial charge in [-0.15, -0.1) is 0 Å². The van der Waals surface area contributed by atoms with E-state index >= 15 is 0 Å². The minimum absolute atomic E-state index is 0.00809. The number of nitrogens with one attached hydrogen (secondary N) is 2. The highest BCUT2D eigenvalue weighted by atomic mass is 32.2. The maximum Gasteiger partial charge on any atom is 0.407 e. The largest absolute Gasteiger partial charge is 0.480 e. The number of aliphatic carboxylic acids is 1. The Morgan fingerprint density at radius 2 is 1.43 bits per heavy atom. The maximum absolute atomic E-state index is 12.7. The van der Waals surface area contributed by atoms with E-state index in [0.717, 1.165) is 16.7 Å². The fraction of sp³-hybridized carbons (Fsp3) is 0.231. The number of alkyl carbamates (subject to hydrolysis) is 1. The quantitative estimate of drug-likeness (QED) is 0.323. The summed E-state index contributed by atoms with van der Waals surface area (Å²) in [6, 6.07) is 23.8. The van der Waals surface area contributed by atoms with Crippen molar-refractivity contribution in [2.45, 2.75) is 36.8 Å². The van der Waals surface area contributed by atoms with Crippen molar-refractivity contribution >= 4 is 22.1 Å². The number of carboxylic acids is 1. The van der Waals surface area contributed by atoms with E-state index in [0.29, 0.717) is 12.8 Å². The van der Waals surface area contributed by atoms with Gasteiger partial charge in [-0.05, 0) is 48.1 Å². The fourth-order valence-electron chi connectivity index (χ4n) is 3.38. The van der Waals surface area contributed by atoms with Crippen molar-refractivity contribution in [2.24, 2.45) is 0 Å². The Morgan fingerprint density at radius 1 is 0.829 bits per heavy atom. The molecule has 3 N–H and O–H groups in total.